The van der Waals surface area contributed by atoms with Crippen LogP contribution in [0.2, 0.25) is 0 Å². The highest BCUT2D eigenvalue weighted by Gasteiger charge is 2.19. The van der Waals surface area contributed by atoms with E-state index in [1.165, 1.54) is 0 Å². The number of carbonyl (C=O) groups excluding carboxylic acids is 2. The Kier molecular flexibility index (Phi) is 2.97. The Bertz CT molecular complexity index is 566. The molecular formula is C14H14N2O3. The van der Waals surface area contributed by atoms with E-state index >= 15 is 0 Å². The van der Waals surface area contributed by atoms with Gasteiger partial charge in [0.05, 0.1) is 5.69 Å². The molecule has 3 rings (SSSR count). The zero-order valence-corrected chi connectivity index (χ0v) is 10.4. The third-order valence-corrected chi connectivity index (χ3v) is 3.47. The molecule has 5 heteroatoms. The Morgan fingerprint density at radius 2 is 2.05 bits per heavy atom. The van der Waals surface area contributed by atoms with Crippen LogP contribution in [0.25, 0.3) is 0 Å². The second-order valence-electron chi connectivity index (χ2n) is 4.71. The number of hydrogen-bond acceptors (Lipinski definition) is 4. The number of nitrogens with zero attached hydrogens (tertiary/aromatic N) is 1. The molecule has 5 nitrogen and oxygen atoms in total. The minimum Gasteiger partial charge on any atom is -0.482 e. The summed E-state index contributed by atoms with van der Waals surface area (Å²) in [6.07, 6.45) is 1.51. The number of nitrogens with one attached hydrogen (secondary N) is 1. The number of amides is 1. The zero-order valence-electron chi connectivity index (χ0n) is 10.4. The first kappa shape index (κ1) is 11.8. The largest absolute Gasteiger partial charge is 0.482 e. The Balaban J connectivity index is 1.81. The number of ether oxygens (including phenoxy) is 1. The van der Waals surface area contributed by atoms with Gasteiger partial charge in [0.15, 0.2) is 6.61 Å². The van der Waals surface area contributed by atoms with E-state index in [0.29, 0.717) is 11.4 Å². The van der Waals surface area contributed by atoms with Crippen molar-refractivity contribution in [3.8, 4) is 5.75 Å². The Labute approximate surface area is 110 Å². The molecule has 0 bridgehead atoms. The highest BCUT2D eigenvalue weighted by Crippen LogP contribution is 2.33. The lowest BCUT2D eigenvalue weighted by molar-refractivity contribution is -0.118. The topological polar surface area (TPSA) is 58.6 Å². The molecule has 2 heterocycles. The zero-order chi connectivity index (χ0) is 13.2. The summed E-state index contributed by atoms with van der Waals surface area (Å²) in [7, 11) is 0. The highest BCUT2D eigenvalue weighted by atomic mass is 16.5. The first-order chi connectivity index (χ1) is 9.26. The molecule has 1 aromatic carbocycles. The smallest absolute Gasteiger partial charge is 0.262 e. The van der Waals surface area contributed by atoms with E-state index in [4.69, 9.17) is 4.74 Å². The van der Waals surface area contributed by atoms with E-state index in [9.17, 15) is 9.59 Å². The Hall–Kier alpha value is -2.26. The molecule has 1 fully saturated rings. The molecule has 0 saturated carbocycles. The molecule has 0 spiro atoms. The summed E-state index contributed by atoms with van der Waals surface area (Å²) in [4.78, 5) is 24.1. The Morgan fingerprint density at radius 3 is 2.79 bits per heavy atom. The molecule has 1 N–H and O–H groups in total. The number of benzene rings is 1. The van der Waals surface area contributed by atoms with Crippen molar-refractivity contribution < 1.29 is 14.3 Å². The molecule has 19 heavy (non-hydrogen) atoms. The van der Waals surface area contributed by atoms with Crippen molar-refractivity contribution in [1.82, 2.24) is 0 Å². The Morgan fingerprint density at radius 1 is 1.26 bits per heavy atom. The number of carbonyl (C=O) groups is 1. The molecule has 1 aromatic rings. The number of hydrogen-bond donors (Lipinski definition) is 1. The molecule has 0 atom stereocenters. The maximum absolute atomic E-state index is 11.3. The van der Waals surface area contributed by atoms with Crippen LogP contribution in [0, 0.1) is 0 Å². The number of rotatable bonds is 1. The maximum atomic E-state index is 11.3. The summed E-state index contributed by atoms with van der Waals surface area (Å²) in [5.41, 5.74) is 2.60. The van der Waals surface area contributed by atoms with Crippen LogP contribution in [0.5, 0.6) is 5.75 Å². The van der Waals surface area contributed by atoms with Crippen LogP contribution in [0.3, 0.4) is 0 Å². The van der Waals surface area contributed by atoms with Crippen LogP contribution in [-0.2, 0) is 9.59 Å². The number of fused-ring (bicyclic) bond motifs is 1. The quantitative estimate of drug-likeness (QED) is 0.773. The van der Waals surface area contributed by atoms with Crippen molar-refractivity contribution in [1.29, 1.82) is 0 Å². The van der Waals surface area contributed by atoms with E-state index < -0.39 is 0 Å². The summed E-state index contributed by atoms with van der Waals surface area (Å²) in [6, 6.07) is 5.77. The van der Waals surface area contributed by atoms with Gasteiger partial charge in [0.25, 0.3) is 5.91 Å². The van der Waals surface area contributed by atoms with Gasteiger partial charge in [0, 0.05) is 24.4 Å². The van der Waals surface area contributed by atoms with Gasteiger partial charge in [-0.05, 0) is 31.0 Å². The summed E-state index contributed by atoms with van der Waals surface area (Å²) >= 11 is 0. The number of anilines is 2. The van der Waals surface area contributed by atoms with Gasteiger partial charge in [-0.2, -0.15) is 0 Å². The molecule has 2 aliphatic heterocycles. The normalized spacial score (nSPS) is 18.2. The lowest BCUT2D eigenvalue weighted by Crippen LogP contribution is -2.31. The van der Waals surface area contributed by atoms with E-state index in [2.05, 4.69) is 10.2 Å². The third-order valence-electron chi connectivity index (χ3n) is 3.47. The van der Waals surface area contributed by atoms with Gasteiger partial charge >= 0.3 is 0 Å². The monoisotopic (exact) mass is 258 g/mol. The molecule has 0 radical (unpaired) electrons. The van der Waals surface area contributed by atoms with Crippen molar-refractivity contribution in [2.75, 3.05) is 29.9 Å². The van der Waals surface area contributed by atoms with Gasteiger partial charge in [0.1, 0.15) is 11.7 Å². The first-order valence-electron chi connectivity index (χ1n) is 6.31. The lowest BCUT2D eigenvalue weighted by atomic mass is 10.0. The predicted molar refractivity (Wildman–Crippen MR) is 71.2 cm³/mol. The molecule has 0 aromatic heterocycles. The van der Waals surface area contributed by atoms with Crippen molar-refractivity contribution in [2.45, 2.75) is 12.8 Å². The average Bonchev–Trinajstić information content (AvgIpc) is 2.46. The predicted octanol–water partition coefficient (Wildman–Crippen LogP) is 1.38. The van der Waals surface area contributed by atoms with Crippen molar-refractivity contribution >= 4 is 23.2 Å². The fourth-order valence-corrected chi connectivity index (χ4v) is 2.40. The molecule has 98 valence electrons. The molecule has 0 aliphatic carbocycles. The van der Waals surface area contributed by atoms with Crippen LogP contribution in [0.15, 0.2) is 23.8 Å². The number of piperidine rings is 1. The van der Waals surface area contributed by atoms with Crippen molar-refractivity contribution in [3.05, 3.63) is 23.8 Å². The first-order valence-corrected chi connectivity index (χ1v) is 6.31. The average molecular weight is 258 g/mol. The van der Waals surface area contributed by atoms with E-state index in [1.54, 1.807) is 0 Å². The summed E-state index contributed by atoms with van der Waals surface area (Å²) < 4.78 is 5.33. The second kappa shape index (κ2) is 4.78. The minimum atomic E-state index is -0.130. The summed E-state index contributed by atoms with van der Waals surface area (Å²) in [5, 5.41) is 2.80. The molecule has 0 unspecified atom stereocenters. The van der Waals surface area contributed by atoms with E-state index in [-0.39, 0.29) is 12.5 Å². The van der Waals surface area contributed by atoms with E-state index in [0.717, 1.165) is 37.2 Å². The van der Waals surface area contributed by atoms with Gasteiger partial charge in [-0.1, -0.05) is 0 Å². The van der Waals surface area contributed by atoms with Gasteiger partial charge in [-0.25, -0.2) is 4.79 Å². The minimum absolute atomic E-state index is 0.0730. The SMILES string of the molecule is O=C=C1CCN(c2ccc3c(c2)NC(=O)CO3)CC1. The van der Waals surface area contributed by atoms with E-state index in [1.807, 2.05) is 24.1 Å². The molecule has 1 saturated heterocycles. The van der Waals surface area contributed by atoms with Crippen molar-refractivity contribution in [2.24, 2.45) is 0 Å². The van der Waals surface area contributed by atoms with Crippen LogP contribution < -0.4 is 15.0 Å². The van der Waals surface area contributed by atoms with Crippen molar-refractivity contribution in [3.63, 3.8) is 0 Å². The molecular weight excluding hydrogens is 244 g/mol. The summed E-state index contributed by atoms with van der Waals surface area (Å²) in [6.45, 7) is 1.68. The summed E-state index contributed by atoms with van der Waals surface area (Å²) in [5.74, 6) is 2.57. The highest BCUT2D eigenvalue weighted by molar-refractivity contribution is 5.96. The third kappa shape index (κ3) is 2.33. The second-order valence-corrected chi connectivity index (χ2v) is 4.71. The lowest BCUT2D eigenvalue weighted by Gasteiger charge is -2.30. The molecule has 1 amide bonds. The fourth-order valence-electron chi connectivity index (χ4n) is 2.40. The fraction of sp³-hybridized carbons (Fsp3) is 0.357. The van der Waals surface area contributed by atoms with Gasteiger partial charge < -0.3 is 15.0 Å². The van der Waals surface area contributed by atoms with Crippen LogP contribution in [0.4, 0.5) is 11.4 Å². The van der Waals surface area contributed by atoms with Gasteiger partial charge in [0.2, 0.25) is 0 Å². The van der Waals surface area contributed by atoms with Crippen LogP contribution >= 0.6 is 0 Å². The molecule has 2 aliphatic rings. The van der Waals surface area contributed by atoms with Gasteiger partial charge in [-0.15, -0.1) is 0 Å². The van der Waals surface area contributed by atoms with Crippen LogP contribution in [0.1, 0.15) is 12.8 Å². The maximum Gasteiger partial charge on any atom is 0.262 e. The van der Waals surface area contributed by atoms with Gasteiger partial charge in [-0.3, -0.25) is 4.79 Å². The standard InChI is InChI=1S/C14H14N2O3/c17-8-10-3-5-16(6-4-10)11-1-2-13-12(7-11)15-14(18)9-19-13/h1-2,7H,3-6,9H2,(H,15,18). The van der Waals surface area contributed by atoms with Crippen LogP contribution in [-0.4, -0.2) is 31.5 Å².